The van der Waals surface area contributed by atoms with E-state index in [1.54, 1.807) is 0 Å². The third-order valence-corrected chi connectivity index (χ3v) is 5.72. The van der Waals surface area contributed by atoms with E-state index < -0.39 is 5.97 Å². The molecule has 0 aliphatic rings. The fourth-order valence-electron chi connectivity index (χ4n) is 2.93. The van der Waals surface area contributed by atoms with Gasteiger partial charge in [-0.05, 0) is 12.8 Å². The first-order valence-electron chi connectivity index (χ1n) is 11.2. The number of aliphatic carboxylic acids is 1. The molecule has 0 spiro atoms. The second kappa shape index (κ2) is 26.2. The summed E-state index contributed by atoms with van der Waals surface area (Å²) < 4.78 is 0. The van der Waals surface area contributed by atoms with Gasteiger partial charge in [0.1, 0.15) is 0 Å². The fourth-order valence-corrected chi connectivity index (χ4v) is 3.51. The first-order chi connectivity index (χ1) is 12.2. The number of carboxylic acids is 1. The average molecular weight is 369 g/mol. The molecule has 0 fully saturated rings. The Morgan fingerprint density at radius 1 is 0.600 bits per heavy atom. The molecule has 2 nitrogen and oxygen atoms in total. The Morgan fingerprint density at radius 3 is 1.16 bits per heavy atom. The molecule has 148 valence electrons. The van der Waals surface area contributed by atoms with Gasteiger partial charge >= 0.3 is 39.6 Å². The summed E-state index contributed by atoms with van der Waals surface area (Å²) in [7, 11) is 0. The molecule has 0 N–H and O–H groups in total. The number of rotatable bonds is 18. The van der Waals surface area contributed by atoms with Gasteiger partial charge in [-0.2, -0.15) is 0 Å². The van der Waals surface area contributed by atoms with Crippen molar-refractivity contribution in [3.05, 3.63) is 0 Å². The molecule has 0 aromatic rings. The van der Waals surface area contributed by atoms with E-state index in [1.165, 1.54) is 94.0 Å². The summed E-state index contributed by atoms with van der Waals surface area (Å²) in [5.74, 6) is -0.903. The van der Waals surface area contributed by atoms with Gasteiger partial charge in [-0.3, -0.25) is 0 Å². The third kappa shape index (κ3) is 32.2. The molecule has 0 rings (SSSR count). The van der Waals surface area contributed by atoms with Gasteiger partial charge in [0, 0.05) is 5.97 Å². The maximum atomic E-state index is 10.2. The number of hydrogen-bond acceptors (Lipinski definition) is 2. The van der Waals surface area contributed by atoms with Crippen molar-refractivity contribution in [1.82, 2.24) is 0 Å². The Hall–Kier alpha value is 0.00247. The van der Waals surface area contributed by atoms with Crippen LogP contribution in [0.3, 0.4) is 0 Å². The molecule has 0 unspecified atom stereocenters. The van der Waals surface area contributed by atoms with Crippen LogP contribution in [0.1, 0.15) is 124 Å². The topological polar surface area (TPSA) is 40.1 Å². The number of carbonyl (C=O) groups is 1. The van der Waals surface area contributed by atoms with Crippen molar-refractivity contribution >= 4 is 21.2 Å². The van der Waals surface area contributed by atoms with Crippen LogP contribution in [-0.2, 0) is 4.79 Å². The van der Waals surface area contributed by atoms with E-state index in [-0.39, 0.29) is 6.42 Å². The Morgan fingerprint density at radius 2 is 0.920 bits per heavy atom. The van der Waals surface area contributed by atoms with Crippen LogP contribution in [0.5, 0.6) is 0 Å². The Kier molecular flexibility index (Phi) is 28.6. The Labute approximate surface area is 165 Å². The summed E-state index contributed by atoms with van der Waals surface area (Å²) in [6.45, 7) is 6.76. The van der Waals surface area contributed by atoms with Crippen LogP contribution in [0, 0.1) is 0 Å². The Bertz CT molecular complexity index is 242. The minimum absolute atomic E-state index is 0.234. The maximum absolute atomic E-state index is 10.2. The molecule has 0 saturated carbocycles. The molecular weight excluding hydrogens is 323 g/mol. The summed E-state index contributed by atoms with van der Waals surface area (Å²) in [4.78, 5) is 10.2. The van der Waals surface area contributed by atoms with Gasteiger partial charge in [-0.25, -0.2) is 0 Å². The summed E-state index contributed by atoms with van der Waals surface area (Å²) in [5, 5.41) is 13.1. The molecule has 0 heterocycles. The summed E-state index contributed by atoms with van der Waals surface area (Å²) in [6, 6.07) is 0. The molecule has 25 heavy (non-hydrogen) atoms. The molecule has 0 bridgehead atoms. The zero-order chi connectivity index (χ0) is 19.0. The minimum atomic E-state index is -0.903. The van der Waals surface area contributed by atoms with Crippen molar-refractivity contribution in [2.24, 2.45) is 0 Å². The van der Waals surface area contributed by atoms with Gasteiger partial charge in [0.15, 0.2) is 0 Å². The van der Waals surface area contributed by atoms with Crippen LogP contribution in [-0.4, -0.2) is 21.2 Å². The number of carboxylic acid groups (broad SMARTS) is 1. The standard InChI is InChI=1S/C18H36O2.2C2H5.Al/c1-2-3-4-5-6-7-8-9-10-11-12-13-14-15-16-17-18(19)20;2*1-2;/h2-17H2,1H3,(H,19,20);2*1H2,2H3;/q;;;+1/p-1. The number of hydrogen-bond donors (Lipinski definition) is 0. The number of carbonyl (C=O) groups excluding carboxylic acids is 1. The first-order valence-corrected chi connectivity index (χ1v) is 12.8. The van der Waals surface area contributed by atoms with Gasteiger partial charge in [0.05, 0.1) is 0 Å². The average Bonchev–Trinajstić information content (AvgIpc) is 2.59. The SMILES string of the molecule is CCCCCCCCCCCCCCCCCC(=O)[O-].C[CH2][Al+][CH2]C. The van der Waals surface area contributed by atoms with Crippen LogP contribution in [0.4, 0.5) is 0 Å². The van der Waals surface area contributed by atoms with E-state index in [0.29, 0.717) is 0 Å². The van der Waals surface area contributed by atoms with Crippen LogP contribution >= 0.6 is 0 Å². The predicted octanol–water partition coefficient (Wildman–Crippen LogP) is 6.56. The zero-order valence-corrected chi connectivity index (χ0v) is 18.8. The van der Waals surface area contributed by atoms with E-state index in [2.05, 4.69) is 20.8 Å². The third-order valence-electron chi connectivity index (χ3n) is 4.56. The van der Waals surface area contributed by atoms with Gasteiger partial charge in [-0.15, -0.1) is 0 Å². The van der Waals surface area contributed by atoms with Crippen molar-refractivity contribution < 1.29 is 9.90 Å². The quantitative estimate of drug-likeness (QED) is 0.203. The van der Waals surface area contributed by atoms with Crippen LogP contribution in [0.2, 0.25) is 10.6 Å². The monoisotopic (exact) mass is 368 g/mol. The molecule has 0 amide bonds. The predicted molar refractivity (Wildman–Crippen MR) is 111 cm³/mol. The molecule has 0 aliphatic carbocycles. The summed E-state index contributed by atoms with van der Waals surface area (Å²) in [5.41, 5.74) is 0. The van der Waals surface area contributed by atoms with E-state index in [9.17, 15) is 9.90 Å². The zero-order valence-electron chi connectivity index (χ0n) is 17.6. The van der Waals surface area contributed by atoms with Crippen LogP contribution in [0.15, 0.2) is 0 Å². The Balaban J connectivity index is 0. The molecule has 0 aromatic carbocycles. The molecule has 0 aromatic heterocycles. The van der Waals surface area contributed by atoms with Crippen molar-refractivity contribution in [3.8, 4) is 0 Å². The van der Waals surface area contributed by atoms with E-state index in [0.717, 1.165) is 28.1 Å². The second-order valence-corrected chi connectivity index (χ2v) is 9.39. The van der Waals surface area contributed by atoms with E-state index >= 15 is 0 Å². The molecule has 0 saturated heterocycles. The number of unbranched alkanes of at least 4 members (excludes halogenated alkanes) is 14. The van der Waals surface area contributed by atoms with E-state index in [1.807, 2.05) is 0 Å². The summed E-state index contributed by atoms with van der Waals surface area (Å²) in [6.07, 6.45) is 19.9. The first kappa shape index (κ1) is 27.2. The molecule has 0 aliphatic heterocycles. The molecule has 3 heteroatoms. The normalized spacial score (nSPS) is 10.0. The summed E-state index contributed by atoms with van der Waals surface area (Å²) >= 11 is 0.815. The van der Waals surface area contributed by atoms with Crippen molar-refractivity contribution in [3.63, 3.8) is 0 Å². The van der Waals surface area contributed by atoms with Crippen LogP contribution < -0.4 is 5.11 Å². The molecule has 0 radical (unpaired) electrons. The molecular formula is C22H45AlO2. The second-order valence-electron chi connectivity index (χ2n) is 7.18. The van der Waals surface area contributed by atoms with Gasteiger partial charge in [0.25, 0.3) is 0 Å². The van der Waals surface area contributed by atoms with Gasteiger partial charge < -0.3 is 9.90 Å². The molecule has 0 atom stereocenters. The van der Waals surface area contributed by atoms with Crippen molar-refractivity contribution in [2.75, 3.05) is 0 Å². The van der Waals surface area contributed by atoms with Gasteiger partial charge in [-0.1, -0.05) is 96.8 Å². The van der Waals surface area contributed by atoms with E-state index in [4.69, 9.17) is 0 Å². The van der Waals surface area contributed by atoms with Gasteiger partial charge in [0.2, 0.25) is 0 Å². The van der Waals surface area contributed by atoms with Crippen LogP contribution in [0.25, 0.3) is 0 Å². The fraction of sp³-hybridized carbons (Fsp3) is 0.955. The van der Waals surface area contributed by atoms with Crippen molar-refractivity contribution in [1.29, 1.82) is 0 Å². The van der Waals surface area contributed by atoms with Crippen molar-refractivity contribution in [2.45, 2.75) is 134 Å².